The molecule has 0 spiro atoms. The molecular formula is C23H22N2O5. The molecule has 30 heavy (non-hydrogen) atoms. The zero-order chi connectivity index (χ0) is 20.5. The van der Waals surface area contributed by atoms with Crippen molar-refractivity contribution in [1.82, 2.24) is 9.97 Å². The number of pyridine rings is 2. The van der Waals surface area contributed by atoms with Gasteiger partial charge in [-0.1, -0.05) is 6.07 Å². The van der Waals surface area contributed by atoms with Gasteiger partial charge in [0.15, 0.2) is 11.5 Å². The highest BCUT2D eigenvalue weighted by Crippen LogP contribution is 2.39. The molecule has 7 heteroatoms. The van der Waals surface area contributed by atoms with E-state index in [1.54, 1.807) is 6.20 Å². The van der Waals surface area contributed by atoms with E-state index in [0.29, 0.717) is 5.92 Å². The lowest BCUT2D eigenvalue weighted by molar-refractivity contribution is -0.145. The lowest BCUT2D eigenvalue weighted by Gasteiger charge is -2.28. The Hall–Kier alpha value is -3.19. The number of fused-ring (bicyclic) bond motifs is 2. The van der Waals surface area contributed by atoms with E-state index in [0.717, 1.165) is 65.0 Å². The van der Waals surface area contributed by atoms with Gasteiger partial charge < -0.3 is 19.3 Å². The molecule has 7 nitrogen and oxygen atoms in total. The largest absolute Gasteiger partial charge is 0.480 e. The summed E-state index contributed by atoms with van der Waals surface area (Å²) in [4.78, 5) is 20.3. The topological polar surface area (TPSA) is 90.8 Å². The lowest BCUT2D eigenvalue weighted by atomic mass is 9.84. The van der Waals surface area contributed by atoms with Gasteiger partial charge in [-0.2, -0.15) is 0 Å². The first-order valence-electron chi connectivity index (χ1n) is 10.2. The Morgan fingerprint density at radius 1 is 1.10 bits per heavy atom. The van der Waals surface area contributed by atoms with Gasteiger partial charge in [0.1, 0.15) is 6.61 Å². The molecule has 1 aromatic carbocycles. The van der Waals surface area contributed by atoms with Gasteiger partial charge in [0.2, 0.25) is 6.79 Å². The predicted octanol–water partition coefficient (Wildman–Crippen LogP) is 4.15. The number of hydrogen-bond donors (Lipinski definition) is 1. The third kappa shape index (κ3) is 3.68. The highest BCUT2D eigenvalue weighted by molar-refractivity contribution is 5.92. The van der Waals surface area contributed by atoms with Crippen molar-refractivity contribution in [2.75, 3.05) is 13.4 Å². The minimum Gasteiger partial charge on any atom is -0.480 e. The Bertz CT molecular complexity index is 1090. The lowest BCUT2D eigenvalue weighted by Crippen LogP contribution is -2.24. The van der Waals surface area contributed by atoms with Gasteiger partial charge in [0.25, 0.3) is 0 Å². The zero-order valence-electron chi connectivity index (χ0n) is 16.4. The Morgan fingerprint density at radius 3 is 2.77 bits per heavy atom. The van der Waals surface area contributed by atoms with E-state index in [9.17, 15) is 4.79 Å². The summed E-state index contributed by atoms with van der Waals surface area (Å²) >= 11 is 0. The van der Waals surface area contributed by atoms with Gasteiger partial charge >= 0.3 is 5.97 Å². The average molecular weight is 406 g/mol. The number of carboxylic acids is 1. The van der Waals surface area contributed by atoms with E-state index < -0.39 is 5.97 Å². The SMILES string of the molecule is O=C(O)COC1CCC(c2cc3cccnc3c(-c3ccc4c(c3)OCO4)n2)CC1. The predicted molar refractivity (Wildman–Crippen MR) is 110 cm³/mol. The molecule has 1 saturated carbocycles. The molecule has 154 valence electrons. The van der Waals surface area contributed by atoms with Crippen molar-refractivity contribution in [3.63, 3.8) is 0 Å². The summed E-state index contributed by atoms with van der Waals surface area (Å²) in [5, 5.41) is 9.87. The first kappa shape index (κ1) is 18.8. The van der Waals surface area contributed by atoms with E-state index in [4.69, 9.17) is 24.3 Å². The zero-order valence-corrected chi connectivity index (χ0v) is 16.4. The van der Waals surface area contributed by atoms with Crippen molar-refractivity contribution < 1.29 is 24.1 Å². The first-order chi connectivity index (χ1) is 14.7. The maximum Gasteiger partial charge on any atom is 0.329 e. The summed E-state index contributed by atoms with van der Waals surface area (Å²) in [5.41, 5.74) is 3.69. The molecule has 3 aromatic rings. The maximum absolute atomic E-state index is 10.7. The number of hydrogen-bond acceptors (Lipinski definition) is 6. The molecule has 2 aromatic heterocycles. The second-order valence-corrected chi connectivity index (χ2v) is 7.72. The van der Waals surface area contributed by atoms with E-state index in [-0.39, 0.29) is 19.5 Å². The van der Waals surface area contributed by atoms with Gasteiger partial charge in [-0.05, 0) is 56.0 Å². The number of rotatable bonds is 5. The van der Waals surface area contributed by atoms with Crippen LogP contribution in [0.15, 0.2) is 42.6 Å². The summed E-state index contributed by atoms with van der Waals surface area (Å²) in [6, 6.07) is 12.0. The van der Waals surface area contributed by atoms with Crippen LogP contribution in [0.2, 0.25) is 0 Å². The molecule has 0 bridgehead atoms. The number of benzene rings is 1. The molecule has 1 aliphatic carbocycles. The van der Waals surface area contributed by atoms with Crippen LogP contribution >= 0.6 is 0 Å². The van der Waals surface area contributed by atoms with Crippen LogP contribution in [0.25, 0.3) is 22.2 Å². The number of aliphatic carboxylic acids is 1. The normalized spacial score (nSPS) is 20.4. The smallest absolute Gasteiger partial charge is 0.329 e. The number of carboxylic acid groups (broad SMARTS) is 1. The Morgan fingerprint density at radius 2 is 1.93 bits per heavy atom. The highest BCUT2D eigenvalue weighted by Gasteiger charge is 2.26. The summed E-state index contributed by atoms with van der Waals surface area (Å²) in [5.74, 6) is 0.855. The van der Waals surface area contributed by atoms with Crippen LogP contribution in [0.3, 0.4) is 0 Å². The van der Waals surface area contributed by atoms with Gasteiger partial charge in [-0.15, -0.1) is 0 Å². The molecule has 3 heterocycles. The fourth-order valence-corrected chi connectivity index (χ4v) is 4.27. The van der Waals surface area contributed by atoms with Gasteiger partial charge in [-0.25, -0.2) is 4.79 Å². The van der Waals surface area contributed by atoms with Crippen LogP contribution in [-0.4, -0.2) is 40.5 Å². The Labute approximate surface area is 173 Å². The second-order valence-electron chi connectivity index (χ2n) is 7.72. The first-order valence-corrected chi connectivity index (χ1v) is 10.2. The minimum absolute atomic E-state index is 0.00723. The van der Waals surface area contributed by atoms with Crippen molar-refractivity contribution in [2.45, 2.75) is 37.7 Å². The van der Waals surface area contributed by atoms with Crippen molar-refractivity contribution >= 4 is 16.9 Å². The standard InChI is InChI=1S/C23H22N2O5/c26-21(27)12-28-17-6-3-14(4-7-17)18-10-15-2-1-9-24-22(15)23(25-18)16-5-8-19-20(11-16)30-13-29-19/h1-2,5,8-11,14,17H,3-4,6-7,12-13H2,(H,26,27). The van der Waals surface area contributed by atoms with Crippen LogP contribution in [0.5, 0.6) is 11.5 Å². The molecule has 5 rings (SSSR count). The summed E-state index contributed by atoms with van der Waals surface area (Å²) in [7, 11) is 0. The van der Waals surface area contributed by atoms with Crippen LogP contribution in [0, 0.1) is 0 Å². The summed E-state index contributed by atoms with van der Waals surface area (Å²) in [6.07, 6.45) is 5.31. The molecule has 0 radical (unpaired) electrons. The monoisotopic (exact) mass is 406 g/mol. The minimum atomic E-state index is -0.922. The van der Waals surface area contributed by atoms with E-state index in [1.165, 1.54) is 0 Å². The third-order valence-corrected chi connectivity index (χ3v) is 5.79. The van der Waals surface area contributed by atoms with Crippen LogP contribution in [0.1, 0.15) is 37.3 Å². The molecule has 1 N–H and O–H groups in total. The molecule has 0 amide bonds. The summed E-state index contributed by atoms with van der Waals surface area (Å²) < 4.78 is 16.5. The van der Waals surface area contributed by atoms with Crippen molar-refractivity contribution in [3.05, 3.63) is 48.3 Å². The molecule has 1 aliphatic heterocycles. The van der Waals surface area contributed by atoms with Crippen molar-refractivity contribution in [1.29, 1.82) is 0 Å². The number of ether oxygens (including phenoxy) is 3. The molecule has 1 fully saturated rings. The molecule has 2 aliphatic rings. The van der Waals surface area contributed by atoms with Crippen LogP contribution < -0.4 is 9.47 Å². The van der Waals surface area contributed by atoms with Crippen molar-refractivity contribution in [2.24, 2.45) is 0 Å². The quantitative estimate of drug-likeness (QED) is 0.680. The fourth-order valence-electron chi connectivity index (χ4n) is 4.27. The molecule has 0 atom stereocenters. The van der Waals surface area contributed by atoms with Crippen LogP contribution in [-0.2, 0) is 9.53 Å². The van der Waals surface area contributed by atoms with E-state index in [1.807, 2.05) is 24.3 Å². The molecule has 0 saturated heterocycles. The second kappa shape index (κ2) is 7.91. The number of carbonyl (C=O) groups is 1. The fraction of sp³-hybridized carbons (Fsp3) is 0.348. The number of nitrogens with zero attached hydrogens (tertiary/aromatic N) is 2. The Balaban J connectivity index is 1.45. The maximum atomic E-state index is 10.7. The van der Waals surface area contributed by atoms with Crippen LogP contribution in [0.4, 0.5) is 0 Å². The highest BCUT2D eigenvalue weighted by atomic mass is 16.7. The number of aromatic nitrogens is 2. The Kier molecular flexibility index (Phi) is 4.96. The van der Waals surface area contributed by atoms with Gasteiger partial charge in [-0.3, -0.25) is 9.97 Å². The molecular weight excluding hydrogens is 384 g/mol. The molecule has 0 unspecified atom stereocenters. The third-order valence-electron chi connectivity index (χ3n) is 5.79. The van der Waals surface area contributed by atoms with Gasteiger partial charge in [0.05, 0.1) is 17.3 Å². The van der Waals surface area contributed by atoms with E-state index >= 15 is 0 Å². The van der Waals surface area contributed by atoms with Gasteiger partial charge in [0, 0.05) is 28.8 Å². The van der Waals surface area contributed by atoms with Crippen molar-refractivity contribution in [3.8, 4) is 22.8 Å². The summed E-state index contributed by atoms with van der Waals surface area (Å²) in [6.45, 7) is 0.00192. The van der Waals surface area contributed by atoms with E-state index in [2.05, 4.69) is 17.1 Å². The average Bonchev–Trinajstić information content (AvgIpc) is 3.25.